The number of benzene rings is 1. The number of morpholine rings is 1. The topological polar surface area (TPSA) is 59.4 Å². The largest absolute Gasteiger partial charge is 0.382 e. The van der Waals surface area contributed by atoms with E-state index in [1.165, 1.54) is 10.9 Å². The Labute approximate surface area is 185 Å². The van der Waals surface area contributed by atoms with Gasteiger partial charge in [0.15, 0.2) is 0 Å². The fraction of sp³-hybridized carbons (Fsp3) is 0.500. The molecule has 1 aliphatic heterocycles. The lowest BCUT2D eigenvalue weighted by Crippen LogP contribution is -2.47. The van der Waals surface area contributed by atoms with Crippen LogP contribution in [0.3, 0.4) is 0 Å². The van der Waals surface area contributed by atoms with E-state index >= 15 is 0 Å². The van der Waals surface area contributed by atoms with Crippen LogP contribution in [-0.2, 0) is 4.74 Å². The lowest BCUT2D eigenvalue weighted by molar-refractivity contribution is 0.0151. The van der Waals surface area contributed by atoms with E-state index in [1.807, 2.05) is 6.07 Å². The summed E-state index contributed by atoms with van der Waals surface area (Å²) in [6.45, 7) is 8.68. The number of halogens is 3. The molecule has 1 aromatic heterocycles. The van der Waals surface area contributed by atoms with Crippen LogP contribution in [0.1, 0.15) is 20.3 Å². The highest BCUT2D eigenvalue weighted by Crippen LogP contribution is 2.26. The zero-order valence-corrected chi connectivity index (χ0v) is 18.8. The summed E-state index contributed by atoms with van der Waals surface area (Å²) in [5.41, 5.74) is 0.849. The predicted octanol–water partition coefficient (Wildman–Crippen LogP) is 4.35. The molecule has 1 unspecified atom stereocenters. The quantitative estimate of drug-likeness (QED) is 0.667. The van der Waals surface area contributed by atoms with Gasteiger partial charge in [-0.25, -0.2) is 0 Å². The number of nitrogens with one attached hydrogen (secondary N) is 1. The number of hydrogen-bond donors (Lipinski definition) is 1. The molecule has 0 aliphatic carbocycles. The Morgan fingerprint density at radius 1 is 1.17 bits per heavy atom. The van der Waals surface area contributed by atoms with Crippen LogP contribution in [0.25, 0.3) is 5.69 Å². The van der Waals surface area contributed by atoms with Crippen LogP contribution in [0, 0.1) is 5.92 Å². The second-order valence-electron chi connectivity index (χ2n) is 7.50. The summed E-state index contributed by atoms with van der Waals surface area (Å²) < 4.78 is 6.66. The third kappa shape index (κ3) is 5.64. The molecule has 2 aromatic rings. The summed E-state index contributed by atoms with van der Waals surface area (Å²) in [7, 11) is 0. The van der Waals surface area contributed by atoms with Crippen LogP contribution in [0.4, 0.5) is 5.69 Å². The van der Waals surface area contributed by atoms with Crippen LogP contribution < -0.4 is 10.9 Å². The van der Waals surface area contributed by atoms with Crippen molar-refractivity contribution in [3.05, 3.63) is 49.8 Å². The van der Waals surface area contributed by atoms with Gasteiger partial charge in [0.25, 0.3) is 5.56 Å². The molecule has 0 radical (unpaired) electrons. The van der Waals surface area contributed by atoms with E-state index in [1.54, 1.807) is 12.1 Å². The average Bonchev–Trinajstić information content (AvgIpc) is 2.70. The normalized spacial score (nSPS) is 16.2. The molecule has 1 saturated heterocycles. The van der Waals surface area contributed by atoms with Crippen molar-refractivity contribution in [1.29, 1.82) is 0 Å². The zero-order chi connectivity index (χ0) is 21.0. The molecule has 0 spiro atoms. The van der Waals surface area contributed by atoms with E-state index in [9.17, 15) is 4.79 Å². The highest BCUT2D eigenvalue weighted by molar-refractivity contribution is 6.41. The summed E-state index contributed by atoms with van der Waals surface area (Å²) in [6, 6.07) is 5.71. The van der Waals surface area contributed by atoms with Gasteiger partial charge in [-0.2, -0.15) is 9.78 Å². The smallest absolute Gasteiger partial charge is 0.291 e. The van der Waals surface area contributed by atoms with Gasteiger partial charge in [0, 0.05) is 25.7 Å². The van der Waals surface area contributed by atoms with Gasteiger partial charge in [0.05, 0.1) is 40.8 Å². The van der Waals surface area contributed by atoms with Crippen molar-refractivity contribution < 1.29 is 4.74 Å². The first-order valence-electron chi connectivity index (χ1n) is 9.65. The molecule has 1 atom stereocenters. The summed E-state index contributed by atoms with van der Waals surface area (Å²) in [5, 5.41) is 8.06. The van der Waals surface area contributed by atoms with E-state index in [2.05, 4.69) is 29.2 Å². The fourth-order valence-electron chi connectivity index (χ4n) is 3.45. The molecule has 0 saturated carbocycles. The van der Waals surface area contributed by atoms with Gasteiger partial charge in [-0.3, -0.25) is 9.69 Å². The molecule has 158 valence electrons. The number of nitrogens with zero attached hydrogens (tertiary/aromatic N) is 3. The van der Waals surface area contributed by atoms with Crippen molar-refractivity contribution in [2.24, 2.45) is 5.92 Å². The Morgan fingerprint density at radius 2 is 1.90 bits per heavy atom. The Bertz CT molecular complexity index is 898. The average molecular weight is 460 g/mol. The minimum absolute atomic E-state index is 0.0676. The molecule has 1 aromatic carbocycles. The van der Waals surface area contributed by atoms with E-state index in [4.69, 9.17) is 39.5 Å². The van der Waals surface area contributed by atoms with Crippen LogP contribution in [0.15, 0.2) is 29.2 Å². The molecular formula is C20H25Cl3N4O2. The molecule has 3 rings (SSSR count). The maximum absolute atomic E-state index is 12.3. The first-order valence-corrected chi connectivity index (χ1v) is 10.8. The van der Waals surface area contributed by atoms with Gasteiger partial charge >= 0.3 is 0 Å². The Balaban J connectivity index is 1.74. The zero-order valence-electron chi connectivity index (χ0n) is 16.5. The monoisotopic (exact) mass is 458 g/mol. The Hall–Kier alpha value is -1.31. The first kappa shape index (κ1) is 22.4. The summed E-state index contributed by atoms with van der Waals surface area (Å²) in [6.07, 6.45) is 2.43. The van der Waals surface area contributed by atoms with Gasteiger partial charge in [-0.15, -0.1) is 0 Å². The molecule has 29 heavy (non-hydrogen) atoms. The maximum atomic E-state index is 12.3. The van der Waals surface area contributed by atoms with Crippen molar-refractivity contribution in [3.63, 3.8) is 0 Å². The van der Waals surface area contributed by atoms with Gasteiger partial charge in [0.2, 0.25) is 0 Å². The second-order valence-corrected chi connectivity index (χ2v) is 8.69. The molecular weight excluding hydrogens is 435 g/mol. The highest BCUT2D eigenvalue weighted by Gasteiger charge is 2.22. The summed E-state index contributed by atoms with van der Waals surface area (Å²) in [4.78, 5) is 14.8. The van der Waals surface area contributed by atoms with E-state index < -0.39 is 5.56 Å². The summed E-state index contributed by atoms with van der Waals surface area (Å²) in [5.74, 6) is 0.593. The number of hydrogen-bond acceptors (Lipinski definition) is 5. The highest BCUT2D eigenvalue weighted by atomic mass is 35.5. The van der Waals surface area contributed by atoms with Gasteiger partial charge in [0.1, 0.15) is 5.02 Å². The molecule has 1 fully saturated rings. The van der Waals surface area contributed by atoms with E-state index in [0.717, 1.165) is 45.0 Å². The number of aromatic nitrogens is 2. The van der Waals surface area contributed by atoms with Gasteiger partial charge in [-0.1, -0.05) is 48.7 Å². The number of rotatable bonds is 7. The molecule has 9 heteroatoms. The lowest BCUT2D eigenvalue weighted by atomic mass is 10.0. The summed E-state index contributed by atoms with van der Waals surface area (Å²) >= 11 is 18.3. The third-order valence-electron chi connectivity index (χ3n) is 4.91. The van der Waals surface area contributed by atoms with Crippen molar-refractivity contribution in [2.75, 3.05) is 38.2 Å². The number of anilines is 1. The Kier molecular flexibility index (Phi) is 7.82. The second kappa shape index (κ2) is 10.1. The van der Waals surface area contributed by atoms with Crippen LogP contribution in [0.2, 0.25) is 15.1 Å². The van der Waals surface area contributed by atoms with Crippen molar-refractivity contribution >= 4 is 40.5 Å². The third-order valence-corrected chi connectivity index (χ3v) is 5.97. The van der Waals surface area contributed by atoms with Crippen LogP contribution in [-0.4, -0.2) is 53.6 Å². The standard InChI is InChI=1S/C20H25Cl3N4O2/c1-13(2)9-15(26-5-7-29-8-6-26)11-24-18-4-3-14(10-16(18)21)27-20(28)19(23)17(22)12-25-27/h3-4,10,12-13,15,24H,5-9,11H2,1-2H3. The van der Waals surface area contributed by atoms with Crippen LogP contribution >= 0.6 is 34.8 Å². The molecule has 1 aliphatic rings. The lowest BCUT2D eigenvalue weighted by Gasteiger charge is -2.35. The SMILES string of the molecule is CC(C)CC(CNc1ccc(-n2ncc(Cl)c(Cl)c2=O)cc1Cl)N1CCOCC1. The van der Waals surface area contributed by atoms with Crippen molar-refractivity contribution in [3.8, 4) is 5.69 Å². The van der Waals surface area contributed by atoms with Gasteiger partial charge in [-0.05, 0) is 30.5 Å². The molecule has 0 amide bonds. The maximum Gasteiger partial charge on any atom is 0.291 e. The van der Waals surface area contributed by atoms with Crippen molar-refractivity contribution in [1.82, 2.24) is 14.7 Å². The molecule has 0 bridgehead atoms. The predicted molar refractivity (Wildman–Crippen MR) is 119 cm³/mol. The minimum Gasteiger partial charge on any atom is -0.382 e. The molecule has 6 nitrogen and oxygen atoms in total. The Morgan fingerprint density at radius 3 is 2.55 bits per heavy atom. The van der Waals surface area contributed by atoms with Crippen LogP contribution in [0.5, 0.6) is 0 Å². The molecule has 1 N–H and O–H groups in total. The van der Waals surface area contributed by atoms with E-state index in [0.29, 0.717) is 22.7 Å². The number of ether oxygens (including phenoxy) is 1. The minimum atomic E-state index is -0.486. The van der Waals surface area contributed by atoms with Gasteiger partial charge < -0.3 is 10.1 Å². The van der Waals surface area contributed by atoms with Crippen molar-refractivity contribution in [2.45, 2.75) is 26.3 Å². The molecule has 2 heterocycles. The fourth-order valence-corrected chi connectivity index (χ4v) is 3.95. The first-order chi connectivity index (χ1) is 13.9. The van der Waals surface area contributed by atoms with E-state index in [-0.39, 0.29) is 10.0 Å².